The van der Waals surface area contributed by atoms with E-state index < -0.39 is 0 Å². The number of aromatic nitrogens is 2. The molecular formula is C16H19BrN4O. The van der Waals surface area contributed by atoms with E-state index in [-0.39, 0.29) is 5.91 Å². The van der Waals surface area contributed by atoms with E-state index in [1.54, 1.807) is 12.3 Å². The molecule has 1 aromatic carbocycles. The van der Waals surface area contributed by atoms with Crippen LogP contribution in [0.2, 0.25) is 0 Å². The molecule has 0 bridgehead atoms. The van der Waals surface area contributed by atoms with E-state index in [0.717, 1.165) is 29.4 Å². The monoisotopic (exact) mass is 362 g/mol. The van der Waals surface area contributed by atoms with Gasteiger partial charge in [0, 0.05) is 22.9 Å². The van der Waals surface area contributed by atoms with E-state index in [9.17, 15) is 4.79 Å². The molecule has 6 heteroatoms. The highest BCUT2D eigenvalue weighted by molar-refractivity contribution is 9.10. The van der Waals surface area contributed by atoms with Gasteiger partial charge in [-0.05, 0) is 36.8 Å². The number of rotatable bonds is 7. The van der Waals surface area contributed by atoms with Crippen molar-refractivity contribution < 1.29 is 4.79 Å². The van der Waals surface area contributed by atoms with Crippen LogP contribution in [0.1, 0.15) is 36.7 Å². The van der Waals surface area contributed by atoms with Gasteiger partial charge < -0.3 is 10.6 Å². The minimum absolute atomic E-state index is 0.169. The Balaban J connectivity index is 1.97. The summed E-state index contributed by atoms with van der Waals surface area (Å²) in [6.07, 6.45) is 4.80. The SMILES string of the molecule is CCCCCNC(=O)c1ccnc(Nc2ccc(Br)cc2)n1. The van der Waals surface area contributed by atoms with Crippen LogP contribution in [0.4, 0.5) is 11.6 Å². The van der Waals surface area contributed by atoms with E-state index >= 15 is 0 Å². The molecule has 0 saturated carbocycles. The number of unbranched alkanes of at least 4 members (excludes halogenated alkanes) is 2. The Bertz CT molecular complexity index is 616. The van der Waals surface area contributed by atoms with Gasteiger partial charge in [0.1, 0.15) is 5.69 Å². The van der Waals surface area contributed by atoms with Crippen molar-refractivity contribution in [2.45, 2.75) is 26.2 Å². The quantitative estimate of drug-likeness (QED) is 0.732. The highest BCUT2D eigenvalue weighted by Gasteiger charge is 2.08. The highest BCUT2D eigenvalue weighted by Crippen LogP contribution is 2.16. The van der Waals surface area contributed by atoms with Gasteiger partial charge in [0.05, 0.1) is 0 Å². The van der Waals surface area contributed by atoms with E-state index in [0.29, 0.717) is 18.2 Å². The molecule has 0 aliphatic rings. The summed E-state index contributed by atoms with van der Waals surface area (Å²) in [5, 5.41) is 5.95. The lowest BCUT2D eigenvalue weighted by molar-refractivity contribution is 0.0948. The largest absolute Gasteiger partial charge is 0.351 e. The standard InChI is InChI=1S/C16H19BrN4O/c1-2-3-4-10-18-15(22)14-9-11-19-16(21-14)20-13-7-5-12(17)6-8-13/h5-9,11H,2-4,10H2,1H3,(H,18,22)(H,19,20,21). The lowest BCUT2D eigenvalue weighted by atomic mass is 10.2. The number of benzene rings is 1. The number of anilines is 2. The molecule has 0 spiro atoms. The minimum Gasteiger partial charge on any atom is -0.351 e. The van der Waals surface area contributed by atoms with Crippen molar-refractivity contribution >= 4 is 33.5 Å². The zero-order valence-electron chi connectivity index (χ0n) is 12.5. The Labute approximate surface area is 138 Å². The van der Waals surface area contributed by atoms with Gasteiger partial charge in [-0.2, -0.15) is 0 Å². The fraction of sp³-hybridized carbons (Fsp3) is 0.312. The molecule has 0 saturated heterocycles. The molecule has 116 valence electrons. The zero-order valence-corrected chi connectivity index (χ0v) is 14.1. The first-order valence-corrected chi connectivity index (χ1v) is 8.12. The summed E-state index contributed by atoms with van der Waals surface area (Å²) < 4.78 is 0.999. The predicted octanol–water partition coefficient (Wildman–Crippen LogP) is 3.90. The molecule has 5 nitrogen and oxygen atoms in total. The Morgan fingerprint density at radius 1 is 1.18 bits per heavy atom. The van der Waals surface area contributed by atoms with E-state index in [1.807, 2.05) is 24.3 Å². The van der Waals surface area contributed by atoms with E-state index in [4.69, 9.17) is 0 Å². The molecule has 0 aliphatic heterocycles. The second-order valence-corrected chi connectivity index (χ2v) is 5.78. The maximum Gasteiger partial charge on any atom is 0.270 e. The first kappa shape index (κ1) is 16.4. The molecule has 0 aliphatic carbocycles. The average molecular weight is 363 g/mol. The van der Waals surface area contributed by atoms with Crippen LogP contribution in [-0.4, -0.2) is 22.4 Å². The van der Waals surface area contributed by atoms with Crippen LogP contribution in [-0.2, 0) is 0 Å². The van der Waals surface area contributed by atoms with E-state index in [1.165, 1.54) is 0 Å². The molecule has 2 N–H and O–H groups in total. The molecule has 1 aromatic heterocycles. The highest BCUT2D eigenvalue weighted by atomic mass is 79.9. The lowest BCUT2D eigenvalue weighted by Gasteiger charge is -2.07. The van der Waals surface area contributed by atoms with Crippen LogP contribution in [0.5, 0.6) is 0 Å². The van der Waals surface area contributed by atoms with Gasteiger partial charge in [0.2, 0.25) is 5.95 Å². The van der Waals surface area contributed by atoms with Crippen molar-refractivity contribution in [2.24, 2.45) is 0 Å². The molecule has 0 fully saturated rings. The van der Waals surface area contributed by atoms with Gasteiger partial charge in [-0.1, -0.05) is 35.7 Å². The molecule has 22 heavy (non-hydrogen) atoms. The minimum atomic E-state index is -0.169. The van der Waals surface area contributed by atoms with Crippen LogP contribution in [0.15, 0.2) is 41.0 Å². The summed E-state index contributed by atoms with van der Waals surface area (Å²) in [5.74, 6) is 0.237. The molecule has 1 heterocycles. The van der Waals surface area contributed by atoms with Gasteiger partial charge in [-0.3, -0.25) is 4.79 Å². The van der Waals surface area contributed by atoms with Crippen LogP contribution >= 0.6 is 15.9 Å². The van der Waals surface area contributed by atoms with E-state index in [2.05, 4.69) is 43.5 Å². The van der Waals surface area contributed by atoms with Gasteiger partial charge >= 0.3 is 0 Å². The van der Waals surface area contributed by atoms with Crippen LogP contribution in [0, 0.1) is 0 Å². The lowest BCUT2D eigenvalue weighted by Crippen LogP contribution is -2.25. The molecule has 0 radical (unpaired) electrons. The summed E-state index contributed by atoms with van der Waals surface area (Å²) in [5.41, 5.74) is 1.23. The normalized spacial score (nSPS) is 10.3. The Morgan fingerprint density at radius 3 is 2.68 bits per heavy atom. The summed E-state index contributed by atoms with van der Waals surface area (Å²) in [6, 6.07) is 9.27. The van der Waals surface area contributed by atoms with Crippen LogP contribution in [0.3, 0.4) is 0 Å². The number of amides is 1. The molecule has 1 amide bonds. The van der Waals surface area contributed by atoms with Crippen molar-refractivity contribution in [2.75, 3.05) is 11.9 Å². The smallest absolute Gasteiger partial charge is 0.270 e. The van der Waals surface area contributed by atoms with Crippen molar-refractivity contribution in [3.05, 3.63) is 46.7 Å². The van der Waals surface area contributed by atoms with Crippen molar-refractivity contribution in [3.63, 3.8) is 0 Å². The third-order valence-electron chi connectivity index (χ3n) is 3.05. The maximum absolute atomic E-state index is 12.0. The van der Waals surface area contributed by atoms with Crippen molar-refractivity contribution in [1.82, 2.24) is 15.3 Å². The third-order valence-corrected chi connectivity index (χ3v) is 3.58. The summed E-state index contributed by atoms with van der Waals surface area (Å²) in [7, 11) is 0. The number of nitrogens with one attached hydrogen (secondary N) is 2. The van der Waals surface area contributed by atoms with Crippen molar-refractivity contribution in [3.8, 4) is 0 Å². The van der Waals surface area contributed by atoms with Crippen molar-refractivity contribution in [1.29, 1.82) is 0 Å². The summed E-state index contributed by atoms with van der Waals surface area (Å²) in [4.78, 5) is 20.4. The number of hydrogen-bond donors (Lipinski definition) is 2. The first-order valence-electron chi connectivity index (χ1n) is 7.33. The second kappa shape index (κ2) is 8.48. The topological polar surface area (TPSA) is 66.9 Å². The second-order valence-electron chi connectivity index (χ2n) is 4.86. The summed E-state index contributed by atoms with van der Waals surface area (Å²) in [6.45, 7) is 2.80. The Morgan fingerprint density at radius 2 is 1.95 bits per heavy atom. The van der Waals surface area contributed by atoms with Gasteiger partial charge in [0.15, 0.2) is 0 Å². The Hall–Kier alpha value is -1.95. The molecule has 0 unspecified atom stereocenters. The maximum atomic E-state index is 12.0. The predicted molar refractivity (Wildman–Crippen MR) is 91.3 cm³/mol. The number of hydrogen-bond acceptors (Lipinski definition) is 4. The summed E-state index contributed by atoms with van der Waals surface area (Å²) >= 11 is 3.38. The van der Waals surface area contributed by atoms with Gasteiger partial charge in [0.25, 0.3) is 5.91 Å². The third kappa shape index (κ3) is 5.11. The average Bonchev–Trinajstić information content (AvgIpc) is 2.54. The van der Waals surface area contributed by atoms with Crippen LogP contribution < -0.4 is 10.6 Å². The number of halogens is 1. The molecule has 2 rings (SSSR count). The number of carbonyl (C=O) groups is 1. The van der Waals surface area contributed by atoms with Gasteiger partial charge in [-0.15, -0.1) is 0 Å². The fourth-order valence-electron chi connectivity index (χ4n) is 1.88. The van der Waals surface area contributed by atoms with Crippen LogP contribution in [0.25, 0.3) is 0 Å². The number of carbonyl (C=O) groups excluding carboxylic acids is 1. The molecular weight excluding hydrogens is 344 g/mol. The first-order chi connectivity index (χ1) is 10.7. The molecule has 0 atom stereocenters. The fourth-order valence-corrected chi connectivity index (χ4v) is 2.14. The molecule has 2 aromatic rings. The Kier molecular flexibility index (Phi) is 6.33. The van der Waals surface area contributed by atoms with Gasteiger partial charge in [-0.25, -0.2) is 9.97 Å². The number of nitrogens with zero attached hydrogens (tertiary/aromatic N) is 2. The zero-order chi connectivity index (χ0) is 15.8.